The van der Waals surface area contributed by atoms with Crippen LogP contribution >= 0.6 is 11.8 Å². The summed E-state index contributed by atoms with van der Waals surface area (Å²) in [5, 5.41) is 10.2. The third-order valence-electron chi connectivity index (χ3n) is 4.06. The number of anilines is 1. The van der Waals surface area contributed by atoms with Crippen LogP contribution in [0.25, 0.3) is 0 Å². The van der Waals surface area contributed by atoms with Crippen molar-refractivity contribution >= 4 is 23.4 Å². The maximum Gasteiger partial charge on any atom is 0.288 e. The molecule has 24 heavy (non-hydrogen) atoms. The first-order valence-electron chi connectivity index (χ1n) is 7.58. The fraction of sp³-hybridized carbons (Fsp3) is 0.375. The molecule has 1 aromatic heterocycles. The molecule has 8 heteroatoms. The summed E-state index contributed by atoms with van der Waals surface area (Å²) in [6, 6.07) is 6.62. The van der Waals surface area contributed by atoms with Crippen LogP contribution in [-0.2, 0) is 11.8 Å². The Balaban J connectivity index is 1.75. The lowest BCUT2D eigenvalue weighted by molar-refractivity contribution is -0.119. The summed E-state index contributed by atoms with van der Waals surface area (Å²) < 4.78 is 27.0. The number of thioether (sulfide) groups is 1. The maximum absolute atomic E-state index is 12.7. The molecule has 1 amide bonds. The Bertz CT molecular complexity index is 722. The molecule has 1 saturated heterocycles. The minimum absolute atomic E-state index is 0.0219. The molecule has 0 spiro atoms. The van der Waals surface area contributed by atoms with Gasteiger partial charge in [-0.15, -0.1) is 0 Å². The number of rotatable bonds is 5. The van der Waals surface area contributed by atoms with E-state index in [1.165, 1.54) is 0 Å². The molecule has 5 nitrogen and oxygen atoms in total. The number of carbonyl (C=O) groups excluding carboxylic acids is 1. The minimum Gasteiger partial charge on any atom is -0.325 e. The third kappa shape index (κ3) is 3.76. The highest BCUT2D eigenvalue weighted by Crippen LogP contribution is 2.33. The van der Waals surface area contributed by atoms with E-state index in [-0.39, 0.29) is 17.7 Å². The van der Waals surface area contributed by atoms with Crippen molar-refractivity contribution in [1.82, 2.24) is 15.1 Å². The molecule has 1 aromatic carbocycles. The Labute approximate surface area is 142 Å². The lowest BCUT2D eigenvalue weighted by Gasteiger charge is -2.18. The average Bonchev–Trinajstić information content (AvgIpc) is 3.17. The maximum atomic E-state index is 12.7. The van der Waals surface area contributed by atoms with Crippen molar-refractivity contribution < 1.29 is 13.6 Å². The number of benzene rings is 1. The monoisotopic (exact) mass is 352 g/mol. The van der Waals surface area contributed by atoms with E-state index in [2.05, 4.69) is 15.7 Å². The highest BCUT2D eigenvalue weighted by molar-refractivity contribution is 7.99. The second-order valence-corrected chi connectivity index (χ2v) is 6.71. The number of para-hydroxylation sites is 1. The molecular formula is C16H18F2N4OS. The van der Waals surface area contributed by atoms with Crippen molar-refractivity contribution in [2.45, 2.75) is 16.6 Å². The van der Waals surface area contributed by atoms with Crippen LogP contribution in [0, 0.1) is 5.92 Å². The summed E-state index contributed by atoms with van der Waals surface area (Å²) in [4.78, 5) is 13.0. The number of hydrogen-bond acceptors (Lipinski definition) is 4. The second kappa shape index (κ2) is 7.31. The lowest BCUT2D eigenvalue weighted by atomic mass is 9.90. The predicted octanol–water partition coefficient (Wildman–Crippen LogP) is 2.68. The number of carbonyl (C=O) groups is 1. The molecule has 128 valence electrons. The molecule has 0 bridgehead atoms. The van der Waals surface area contributed by atoms with Crippen molar-refractivity contribution in [2.75, 3.05) is 18.4 Å². The molecule has 1 fully saturated rings. The van der Waals surface area contributed by atoms with Gasteiger partial charge < -0.3 is 10.6 Å². The number of nitrogens with one attached hydrogen (secondary N) is 2. The van der Waals surface area contributed by atoms with Gasteiger partial charge in [0.2, 0.25) is 5.91 Å². The Morgan fingerprint density at radius 1 is 1.42 bits per heavy atom. The van der Waals surface area contributed by atoms with Crippen LogP contribution in [-0.4, -0.2) is 34.5 Å². The van der Waals surface area contributed by atoms with Crippen LogP contribution in [0.3, 0.4) is 0 Å². The molecule has 2 atom stereocenters. The molecule has 1 aliphatic heterocycles. The predicted molar refractivity (Wildman–Crippen MR) is 89.2 cm³/mol. The van der Waals surface area contributed by atoms with Crippen LogP contribution in [0.15, 0.2) is 41.6 Å². The molecule has 1 aliphatic rings. The molecule has 2 aromatic rings. The van der Waals surface area contributed by atoms with Gasteiger partial charge in [-0.3, -0.25) is 9.48 Å². The van der Waals surface area contributed by atoms with Crippen LogP contribution in [0.5, 0.6) is 0 Å². The van der Waals surface area contributed by atoms with E-state index in [4.69, 9.17) is 0 Å². The average molecular weight is 352 g/mol. The van der Waals surface area contributed by atoms with Crippen LogP contribution < -0.4 is 10.6 Å². The van der Waals surface area contributed by atoms with E-state index >= 15 is 0 Å². The van der Waals surface area contributed by atoms with E-state index in [0.717, 1.165) is 5.56 Å². The number of hydrogen-bond donors (Lipinski definition) is 2. The molecule has 2 N–H and O–H groups in total. The molecule has 0 unspecified atom stereocenters. The quantitative estimate of drug-likeness (QED) is 0.813. The minimum atomic E-state index is -2.53. The first-order chi connectivity index (χ1) is 11.5. The zero-order valence-electron chi connectivity index (χ0n) is 13.1. The zero-order valence-corrected chi connectivity index (χ0v) is 13.9. The van der Waals surface area contributed by atoms with Gasteiger partial charge in [0.05, 0.1) is 17.8 Å². The zero-order chi connectivity index (χ0) is 17.1. The molecular weight excluding hydrogens is 334 g/mol. The summed E-state index contributed by atoms with van der Waals surface area (Å²) in [5.74, 6) is -2.94. The van der Waals surface area contributed by atoms with Crippen molar-refractivity contribution in [3.8, 4) is 0 Å². The van der Waals surface area contributed by atoms with E-state index in [0.29, 0.717) is 35.4 Å². The van der Waals surface area contributed by atoms with Gasteiger partial charge in [-0.05, 0) is 17.7 Å². The molecule has 2 heterocycles. The van der Waals surface area contributed by atoms with Crippen LogP contribution in [0.1, 0.15) is 11.5 Å². The SMILES string of the molecule is Cn1cc([C@H]2CNC[C@@H]2C(=O)Nc2ccccc2SC(F)F)cn1. The Morgan fingerprint density at radius 2 is 2.21 bits per heavy atom. The number of nitrogens with zero attached hydrogens (tertiary/aromatic N) is 2. The van der Waals surface area contributed by atoms with E-state index in [1.807, 2.05) is 13.2 Å². The first-order valence-corrected chi connectivity index (χ1v) is 8.46. The lowest BCUT2D eigenvalue weighted by Crippen LogP contribution is -2.28. The Hall–Kier alpha value is -1.93. The van der Waals surface area contributed by atoms with Gasteiger partial charge in [-0.25, -0.2) is 0 Å². The normalized spacial score (nSPS) is 20.5. The summed E-state index contributed by atoms with van der Waals surface area (Å²) in [6.07, 6.45) is 3.66. The molecule has 3 rings (SSSR count). The van der Waals surface area contributed by atoms with Crippen molar-refractivity contribution in [2.24, 2.45) is 13.0 Å². The topological polar surface area (TPSA) is 59.0 Å². The third-order valence-corrected chi connectivity index (χ3v) is 4.85. The van der Waals surface area contributed by atoms with Crippen LogP contribution in [0.2, 0.25) is 0 Å². The number of aromatic nitrogens is 2. The van der Waals surface area contributed by atoms with Gasteiger partial charge >= 0.3 is 0 Å². The first kappa shape index (κ1) is 16.9. The highest BCUT2D eigenvalue weighted by Gasteiger charge is 2.35. The smallest absolute Gasteiger partial charge is 0.288 e. The highest BCUT2D eigenvalue weighted by atomic mass is 32.2. The summed E-state index contributed by atoms with van der Waals surface area (Å²) in [5.41, 5.74) is 1.42. The fourth-order valence-corrected chi connectivity index (χ4v) is 3.53. The molecule has 0 aliphatic carbocycles. The Kier molecular flexibility index (Phi) is 5.15. The van der Waals surface area contributed by atoms with Gasteiger partial charge in [0.1, 0.15) is 0 Å². The van der Waals surface area contributed by atoms with Gasteiger partial charge in [0.15, 0.2) is 0 Å². The number of amides is 1. The largest absolute Gasteiger partial charge is 0.325 e. The van der Waals surface area contributed by atoms with Crippen LogP contribution in [0.4, 0.5) is 14.5 Å². The number of halogens is 2. The standard InChI is InChI=1S/C16H18F2N4OS/c1-22-9-10(6-20-22)11-7-19-8-12(11)15(23)21-13-4-2-3-5-14(13)24-16(17)18/h2-6,9,11-12,16,19H,7-8H2,1H3,(H,21,23)/t11-,12+/m1/s1. The summed E-state index contributed by atoms with van der Waals surface area (Å²) in [7, 11) is 1.83. The van der Waals surface area contributed by atoms with E-state index < -0.39 is 5.76 Å². The second-order valence-electron chi connectivity index (χ2n) is 5.68. The van der Waals surface area contributed by atoms with Gasteiger partial charge in [0, 0.05) is 37.1 Å². The molecule has 0 saturated carbocycles. The van der Waals surface area contributed by atoms with Crippen molar-refractivity contribution in [3.63, 3.8) is 0 Å². The van der Waals surface area contributed by atoms with Gasteiger partial charge in [-0.2, -0.15) is 13.9 Å². The molecule has 0 radical (unpaired) electrons. The fourth-order valence-electron chi connectivity index (χ4n) is 2.93. The van der Waals surface area contributed by atoms with E-state index in [1.54, 1.807) is 35.1 Å². The number of alkyl halides is 2. The summed E-state index contributed by atoms with van der Waals surface area (Å²) >= 11 is 0.433. The van der Waals surface area contributed by atoms with Crippen molar-refractivity contribution in [1.29, 1.82) is 0 Å². The Morgan fingerprint density at radius 3 is 2.92 bits per heavy atom. The van der Waals surface area contributed by atoms with Gasteiger partial charge in [0.25, 0.3) is 5.76 Å². The summed E-state index contributed by atoms with van der Waals surface area (Å²) in [6.45, 7) is 1.24. The van der Waals surface area contributed by atoms with Crippen molar-refractivity contribution in [3.05, 3.63) is 42.2 Å². The van der Waals surface area contributed by atoms with Gasteiger partial charge in [-0.1, -0.05) is 23.9 Å². The number of aryl methyl sites for hydroxylation is 1. The van der Waals surface area contributed by atoms with E-state index in [9.17, 15) is 13.6 Å².